The van der Waals surface area contributed by atoms with Crippen molar-refractivity contribution in [1.82, 2.24) is 14.5 Å². The van der Waals surface area contributed by atoms with E-state index in [0.29, 0.717) is 16.7 Å². The molecular formula is C22H23N3O3. The lowest BCUT2D eigenvalue weighted by Gasteiger charge is -2.31. The summed E-state index contributed by atoms with van der Waals surface area (Å²) < 4.78 is 7.69. The molecule has 1 aliphatic heterocycles. The number of aromatic nitrogens is 2. The van der Waals surface area contributed by atoms with E-state index in [1.165, 1.54) is 0 Å². The highest BCUT2D eigenvalue weighted by molar-refractivity contribution is 5.77. The van der Waals surface area contributed by atoms with E-state index < -0.39 is 0 Å². The number of ether oxygens (including phenoxy) is 1. The Morgan fingerprint density at radius 2 is 1.75 bits per heavy atom. The molecule has 4 rings (SSSR count). The summed E-state index contributed by atoms with van der Waals surface area (Å²) >= 11 is 0. The number of aryl methyl sites for hydroxylation is 1. The van der Waals surface area contributed by atoms with Gasteiger partial charge in [-0.1, -0.05) is 12.1 Å². The second kappa shape index (κ2) is 7.46. The van der Waals surface area contributed by atoms with Crippen LogP contribution < -0.4 is 10.3 Å². The molecule has 0 atom stereocenters. The second-order valence-corrected chi connectivity index (χ2v) is 7.13. The average molecular weight is 377 g/mol. The highest BCUT2D eigenvalue weighted by Crippen LogP contribution is 2.21. The van der Waals surface area contributed by atoms with Crippen molar-refractivity contribution in [2.75, 3.05) is 13.1 Å². The topological polar surface area (TPSA) is 64.4 Å². The van der Waals surface area contributed by atoms with Crippen LogP contribution in [0.1, 0.15) is 25.6 Å². The number of hydrogen-bond donors (Lipinski definition) is 0. The molecule has 0 unspecified atom stereocenters. The van der Waals surface area contributed by atoms with Gasteiger partial charge in [0, 0.05) is 32.9 Å². The quantitative estimate of drug-likeness (QED) is 0.704. The molecule has 28 heavy (non-hydrogen) atoms. The van der Waals surface area contributed by atoms with Crippen LogP contribution in [0, 0.1) is 6.92 Å². The van der Waals surface area contributed by atoms with Gasteiger partial charge < -0.3 is 9.64 Å². The van der Waals surface area contributed by atoms with Gasteiger partial charge in [-0.05, 0) is 43.3 Å². The fraction of sp³-hybridized carbons (Fsp3) is 0.318. The Labute approximate surface area is 163 Å². The van der Waals surface area contributed by atoms with Crippen molar-refractivity contribution in [2.24, 2.45) is 0 Å². The van der Waals surface area contributed by atoms with Gasteiger partial charge in [0.05, 0.1) is 16.6 Å². The predicted octanol–water partition coefficient (Wildman–Crippen LogP) is 3.08. The number of fused-ring (bicyclic) bond motifs is 1. The van der Waals surface area contributed by atoms with E-state index in [4.69, 9.17) is 4.74 Å². The predicted molar refractivity (Wildman–Crippen MR) is 108 cm³/mol. The number of nitrogens with zero attached hydrogens (tertiary/aromatic N) is 3. The molecule has 3 aromatic rings. The molecule has 1 aromatic heterocycles. The van der Waals surface area contributed by atoms with Gasteiger partial charge in [0.1, 0.15) is 17.7 Å². The zero-order chi connectivity index (χ0) is 19.7. The van der Waals surface area contributed by atoms with Crippen molar-refractivity contribution in [2.45, 2.75) is 32.8 Å². The summed E-state index contributed by atoms with van der Waals surface area (Å²) in [5.41, 5.74) is 1.39. The lowest BCUT2D eigenvalue weighted by Crippen LogP contribution is -2.40. The van der Waals surface area contributed by atoms with Gasteiger partial charge in [-0.15, -0.1) is 0 Å². The van der Waals surface area contributed by atoms with E-state index in [1.54, 1.807) is 17.6 Å². The molecule has 6 heteroatoms. The summed E-state index contributed by atoms with van der Waals surface area (Å²) in [4.78, 5) is 30.7. The summed E-state index contributed by atoms with van der Waals surface area (Å²) in [5, 5.41) is 0.602. The first-order chi connectivity index (χ1) is 13.5. The molecule has 0 N–H and O–H groups in total. The fourth-order valence-electron chi connectivity index (χ4n) is 3.70. The minimum Gasteiger partial charge on any atom is -0.490 e. The van der Waals surface area contributed by atoms with Crippen LogP contribution in [0.5, 0.6) is 5.75 Å². The Morgan fingerprint density at radius 1 is 1.07 bits per heavy atom. The van der Waals surface area contributed by atoms with E-state index >= 15 is 0 Å². The largest absolute Gasteiger partial charge is 0.490 e. The summed E-state index contributed by atoms with van der Waals surface area (Å²) in [6.07, 6.45) is 1.76. The van der Waals surface area contributed by atoms with Crippen LogP contribution >= 0.6 is 0 Å². The number of rotatable bonds is 3. The van der Waals surface area contributed by atoms with Gasteiger partial charge in [-0.2, -0.15) is 0 Å². The molecule has 0 radical (unpaired) electrons. The molecule has 144 valence electrons. The number of carbonyl (C=O) groups is 1. The maximum absolute atomic E-state index is 12.9. The molecule has 0 saturated carbocycles. The minimum absolute atomic E-state index is 0.0756. The van der Waals surface area contributed by atoms with Crippen LogP contribution in [0.4, 0.5) is 0 Å². The number of likely N-dealkylation sites (tertiary alicyclic amines) is 1. The Morgan fingerprint density at radius 3 is 2.43 bits per heavy atom. The van der Waals surface area contributed by atoms with Crippen LogP contribution in [-0.4, -0.2) is 39.6 Å². The first-order valence-corrected chi connectivity index (χ1v) is 9.54. The number of amides is 1. The molecule has 1 saturated heterocycles. The average Bonchev–Trinajstić information content (AvgIpc) is 2.70. The molecule has 2 heterocycles. The molecule has 0 aliphatic carbocycles. The lowest BCUT2D eigenvalue weighted by atomic mass is 10.1. The van der Waals surface area contributed by atoms with Gasteiger partial charge in [0.2, 0.25) is 5.91 Å². The van der Waals surface area contributed by atoms with Gasteiger partial charge in [-0.3, -0.25) is 14.2 Å². The standard InChI is InChI=1S/C22H23N3O3/c1-15-23-21-6-4-3-5-20(21)22(27)25(15)17-7-9-18(10-8-17)28-19-11-13-24(14-12-19)16(2)26/h3-10,19H,11-14H2,1-2H3. The smallest absolute Gasteiger partial charge is 0.265 e. The van der Waals surface area contributed by atoms with E-state index in [9.17, 15) is 9.59 Å². The van der Waals surface area contributed by atoms with Crippen LogP contribution in [0.25, 0.3) is 16.6 Å². The highest BCUT2D eigenvalue weighted by atomic mass is 16.5. The molecular weight excluding hydrogens is 354 g/mol. The first-order valence-electron chi connectivity index (χ1n) is 9.54. The molecule has 1 aliphatic rings. The second-order valence-electron chi connectivity index (χ2n) is 7.13. The maximum Gasteiger partial charge on any atom is 0.265 e. The number of para-hydroxylation sites is 1. The van der Waals surface area contributed by atoms with Crippen molar-refractivity contribution < 1.29 is 9.53 Å². The van der Waals surface area contributed by atoms with Crippen molar-refractivity contribution in [3.05, 3.63) is 64.7 Å². The van der Waals surface area contributed by atoms with Crippen molar-refractivity contribution >= 4 is 16.8 Å². The summed E-state index contributed by atoms with van der Waals surface area (Å²) in [7, 11) is 0. The van der Waals surface area contributed by atoms with Crippen LogP contribution in [-0.2, 0) is 4.79 Å². The third-order valence-electron chi connectivity index (χ3n) is 5.23. The lowest BCUT2D eigenvalue weighted by molar-refractivity contribution is -0.130. The molecule has 1 amide bonds. The Kier molecular flexibility index (Phi) is 4.86. The molecule has 0 bridgehead atoms. The molecule has 6 nitrogen and oxygen atoms in total. The number of benzene rings is 2. The fourth-order valence-corrected chi connectivity index (χ4v) is 3.70. The van der Waals surface area contributed by atoms with Gasteiger partial charge in [-0.25, -0.2) is 4.98 Å². The van der Waals surface area contributed by atoms with E-state index in [0.717, 1.165) is 37.4 Å². The van der Waals surface area contributed by atoms with Crippen LogP contribution in [0.15, 0.2) is 53.3 Å². The molecule has 0 spiro atoms. The number of hydrogen-bond acceptors (Lipinski definition) is 4. The van der Waals surface area contributed by atoms with E-state index in [-0.39, 0.29) is 17.6 Å². The van der Waals surface area contributed by atoms with E-state index in [2.05, 4.69) is 4.98 Å². The minimum atomic E-state index is -0.0756. The van der Waals surface area contributed by atoms with Crippen molar-refractivity contribution in [1.29, 1.82) is 0 Å². The Bertz CT molecular complexity index is 1060. The zero-order valence-electron chi connectivity index (χ0n) is 16.1. The van der Waals surface area contributed by atoms with Gasteiger partial charge in [0.15, 0.2) is 0 Å². The normalized spacial score (nSPS) is 15.0. The Balaban J connectivity index is 1.54. The Hall–Kier alpha value is -3.15. The van der Waals surface area contributed by atoms with Crippen LogP contribution in [0.3, 0.4) is 0 Å². The van der Waals surface area contributed by atoms with Crippen molar-refractivity contribution in [3.8, 4) is 11.4 Å². The molecule has 1 fully saturated rings. The zero-order valence-corrected chi connectivity index (χ0v) is 16.1. The highest BCUT2D eigenvalue weighted by Gasteiger charge is 2.22. The van der Waals surface area contributed by atoms with Gasteiger partial charge in [0.25, 0.3) is 5.56 Å². The summed E-state index contributed by atoms with van der Waals surface area (Å²) in [6, 6.07) is 14.9. The summed E-state index contributed by atoms with van der Waals surface area (Å²) in [5.74, 6) is 1.53. The monoisotopic (exact) mass is 377 g/mol. The number of piperidine rings is 1. The summed E-state index contributed by atoms with van der Waals surface area (Å²) in [6.45, 7) is 4.90. The van der Waals surface area contributed by atoms with E-state index in [1.807, 2.05) is 54.3 Å². The SMILES string of the molecule is CC(=O)N1CCC(Oc2ccc(-n3c(C)nc4ccccc4c3=O)cc2)CC1. The first kappa shape index (κ1) is 18.2. The maximum atomic E-state index is 12.9. The van der Waals surface area contributed by atoms with Gasteiger partial charge >= 0.3 is 0 Å². The number of carbonyl (C=O) groups excluding carboxylic acids is 1. The molecule has 2 aromatic carbocycles. The third-order valence-corrected chi connectivity index (χ3v) is 5.23. The van der Waals surface area contributed by atoms with Crippen molar-refractivity contribution in [3.63, 3.8) is 0 Å². The van der Waals surface area contributed by atoms with Crippen LogP contribution in [0.2, 0.25) is 0 Å². The third kappa shape index (κ3) is 3.50.